The normalized spacial score (nSPS) is 17.8. The van der Waals surface area contributed by atoms with Gasteiger partial charge in [0.1, 0.15) is 0 Å². The molecule has 0 heterocycles. The van der Waals surface area contributed by atoms with Gasteiger partial charge in [-0.25, -0.2) is 0 Å². The van der Waals surface area contributed by atoms with Crippen LogP contribution in [-0.4, -0.2) is 18.5 Å². The summed E-state index contributed by atoms with van der Waals surface area (Å²) in [6, 6.07) is 5.45. The van der Waals surface area contributed by atoms with Gasteiger partial charge < -0.3 is 10.6 Å². The molecule has 2 N–H and O–H groups in total. The Morgan fingerprint density at radius 3 is 2.65 bits per heavy atom. The van der Waals surface area contributed by atoms with Gasteiger partial charge in [-0.05, 0) is 54.0 Å². The molecule has 20 heavy (non-hydrogen) atoms. The minimum absolute atomic E-state index is 0.0402. The Hall–Kier alpha value is -0.580. The van der Waals surface area contributed by atoms with Gasteiger partial charge in [-0.1, -0.05) is 30.9 Å². The number of rotatable bonds is 4. The van der Waals surface area contributed by atoms with Crippen LogP contribution in [-0.2, 0) is 4.79 Å². The number of carbonyl (C=O) groups excluding carboxylic acids is 1. The second-order valence-electron chi connectivity index (χ2n) is 5.44. The lowest BCUT2D eigenvalue weighted by Crippen LogP contribution is -2.47. The molecule has 1 amide bonds. The van der Waals surface area contributed by atoms with E-state index in [-0.39, 0.29) is 11.4 Å². The number of amides is 1. The number of hydrogen-bond acceptors (Lipinski definition) is 2. The van der Waals surface area contributed by atoms with Crippen LogP contribution in [0.1, 0.15) is 38.5 Å². The van der Waals surface area contributed by atoms with Crippen LogP contribution in [0, 0.1) is 0 Å². The zero-order chi connectivity index (χ0) is 14.6. The topological polar surface area (TPSA) is 41.1 Å². The Kier molecular flexibility index (Phi) is 5.47. The molecule has 0 aromatic heterocycles. The number of nitrogens with one attached hydrogen (secondary N) is 2. The van der Waals surface area contributed by atoms with Crippen molar-refractivity contribution in [3.8, 4) is 0 Å². The minimum atomic E-state index is -0.0402. The predicted octanol–water partition coefficient (Wildman–Crippen LogP) is 4.35. The summed E-state index contributed by atoms with van der Waals surface area (Å²) >= 11 is 9.37. The Morgan fingerprint density at radius 1 is 1.35 bits per heavy atom. The zero-order valence-electron chi connectivity index (χ0n) is 11.6. The van der Waals surface area contributed by atoms with Gasteiger partial charge >= 0.3 is 0 Å². The van der Waals surface area contributed by atoms with Crippen molar-refractivity contribution >= 4 is 39.1 Å². The third-order valence-electron chi connectivity index (χ3n) is 4.04. The van der Waals surface area contributed by atoms with Gasteiger partial charge in [0.25, 0.3) is 0 Å². The van der Waals surface area contributed by atoms with E-state index in [1.165, 1.54) is 19.3 Å². The SMILES string of the molecule is CNC1(CC(=O)Nc2ccc(Br)c(Cl)c2)CCCCC1. The van der Waals surface area contributed by atoms with Crippen LogP contribution in [0.4, 0.5) is 5.69 Å². The van der Waals surface area contributed by atoms with Crippen molar-refractivity contribution < 1.29 is 4.79 Å². The van der Waals surface area contributed by atoms with E-state index < -0.39 is 0 Å². The van der Waals surface area contributed by atoms with Gasteiger partial charge in [-0.2, -0.15) is 0 Å². The highest BCUT2D eigenvalue weighted by molar-refractivity contribution is 9.10. The molecular weight excluding hydrogens is 340 g/mol. The fourth-order valence-corrected chi connectivity index (χ4v) is 3.26. The fourth-order valence-electron chi connectivity index (χ4n) is 2.83. The summed E-state index contributed by atoms with van der Waals surface area (Å²) in [5, 5.41) is 6.89. The average Bonchev–Trinajstić information content (AvgIpc) is 2.44. The van der Waals surface area contributed by atoms with E-state index in [4.69, 9.17) is 11.6 Å². The number of carbonyl (C=O) groups is 1. The Balaban J connectivity index is 1.98. The smallest absolute Gasteiger partial charge is 0.226 e. The highest BCUT2D eigenvalue weighted by Gasteiger charge is 2.32. The largest absolute Gasteiger partial charge is 0.326 e. The standard InChI is InChI=1S/C15H20BrClN2O/c1-18-15(7-3-2-4-8-15)10-14(20)19-11-5-6-12(16)13(17)9-11/h5-6,9,18H,2-4,7-8,10H2,1H3,(H,19,20). The van der Waals surface area contributed by atoms with Crippen LogP contribution in [0.2, 0.25) is 5.02 Å². The molecular formula is C15H20BrClN2O. The lowest BCUT2D eigenvalue weighted by atomic mass is 9.79. The van der Waals surface area contributed by atoms with Crippen molar-refractivity contribution in [1.29, 1.82) is 0 Å². The van der Waals surface area contributed by atoms with E-state index in [2.05, 4.69) is 26.6 Å². The number of benzene rings is 1. The van der Waals surface area contributed by atoms with Crippen LogP contribution in [0.25, 0.3) is 0 Å². The summed E-state index contributed by atoms with van der Waals surface area (Å²) in [5.74, 6) is 0.0413. The first-order valence-electron chi connectivity index (χ1n) is 6.98. The van der Waals surface area contributed by atoms with Crippen LogP contribution in [0.5, 0.6) is 0 Å². The molecule has 1 aromatic carbocycles. The number of halogens is 2. The maximum atomic E-state index is 12.2. The predicted molar refractivity (Wildman–Crippen MR) is 87.3 cm³/mol. The molecule has 3 nitrogen and oxygen atoms in total. The van der Waals surface area contributed by atoms with Gasteiger partial charge in [0, 0.05) is 22.1 Å². The first-order chi connectivity index (χ1) is 9.54. The summed E-state index contributed by atoms with van der Waals surface area (Å²) in [6.45, 7) is 0. The fraction of sp³-hybridized carbons (Fsp3) is 0.533. The van der Waals surface area contributed by atoms with Crippen molar-refractivity contribution in [3.05, 3.63) is 27.7 Å². The molecule has 1 fully saturated rings. The van der Waals surface area contributed by atoms with Crippen molar-refractivity contribution in [1.82, 2.24) is 5.32 Å². The average molecular weight is 360 g/mol. The van der Waals surface area contributed by atoms with Gasteiger partial charge in [0.05, 0.1) is 5.02 Å². The quantitative estimate of drug-likeness (QED) is 0.839. The molecule has 0 atom stereocenters. The van der Waals surface area contributed by atoms with Crippen molar-refractivity contribution in [2.45, 2.75) is 44.1 Å². The Morgan fingerprint density at radius 2 is 2.05 bits per heavy atom. The summed E-state index contributed by atoms with van der Waals surface area (Å²) in [4.78, 5) is 12.2. The van der Waals surface area contributed by atoms with E-state index in [0.717, 1.165) is 23.0 Å². The zero-order valence-corrected chi connectivity index (χ0v) is 14.0. The summed E-state index contributed by atoms with van der Waals surface area (Å²) in [7, 11) is 1.95. The van der Waals surface area contributed by atoms with Crippen LogP contribution < -0.4 is 10.6 Å². The highest BCUT2D eigenvalue weighted by Crippen LogP contribution is 2.31. The van der Waals surface area contributed by atoms with Gasteiger partial charge in [-0.3, -0.25) is 4.79 Å². The molecule has 0 bridgehead atoms. The first kappa shape index (κ1) is 15.8. The third kappa shape index (κ3) is 3.96. The molecule has 1 saturated carbocycles. The Labute approximate surface area is 133 Å². The molecule has 2 rings (SSSR count). The van der Waals surface area contributed by atoms with E-state index >= 15 is 0 Å². The maximum absolute atomic E-state index is 12.2. The Bertz CT molecular complexity index is 487. The van der Waals surface area contributed by atoms with Crippen molar-refractivity contribution in [2.24, 2.45) is 0 Å². The molecule has 0 radical (unpaired) electrons. The minimum Gasteiger partial charge on any atom is -0.326 e. The summed E-state index contributed by atoms with van der Waals surface area (Å²) in [6.07, 6.45) is 6.30. The first-order valence-corrected chi connectivity index (χ1v) is 8.16. The monoisotopic (exact) mass is 358 g/mol. The van der Waals surface area contributed by atoms with Crippen molar-refractivity contribution in [3.63, 3.8) is 0 Å². The van der Waals surface area contributed by atoms with E-state index in [1.54, 1.807) is 6.07 Å². The molecule has 1 aromatic rings. The molecule has 1 aliphatic carbocycles. The van der Waals surface area contributed by atoms with E-state index in [0.29, 0.717) is 11.4 Å². The van der Waals surface area contributed by atoms with Gasteiger partial charge in [-0.15, -0.1) is 0 Å². The molecule has 1 aliphatic rings. The van der Waals surface area contributed by atoms with E-state index in [9.17, 15) is 4.79 Å². The lowest BCUT2D eigenvalue weighted by molar-refractivity contribution is -0.117. The van der Waals surface area contributed by atoms with Gasteiger partial charge in [0.2, 0.25) is 5.91 Å². The molecule has 0 aliphatic heterocycles. The van der Waals surface area contributed by atoms with Crippen LogP contribution in [0.3, 0.4) is 0 Å². The lowest BCUT2D eigenvalue weighted by Gasteiger charge is -2.36. The third-order valence-corrected chi connectivity index (χ3v) is 5.28. The highest BCUT2D eigenvalue weighted by atomic mass is 79.9. The summed E-state index contributed by atoms with van der Waals surface area (Å²) in [5.41, 5.74) is 0.701. The molecule has 0 saturated heterocycles. The van der Waals surface area contributed by atoms with Crippen LogP contribution >= 0.6 is 27.5 Å². The van der Waals surface area contributed by atoms with E-state index in [1.807, 2.05) is 19.2 Å². The second-order valence-corrected chi connectivity index (χ2v) is 6.71. The number of anilines is 1. The van der Waals surface area contributed by atoms with Crippen molar-refractivity contribution in [2.75, 3.05) is 12.4 Å². The second kappa shape index (κ2) is 6.92. The molecule has 5 heteroatoms. The molecule has 0 unspecified atom stereocenters. The summed E-state index contributed by atoms with van der Waals surface area (Å²) < 4.78 is 0.830. The number of hydrogen-bond donors (Lipinski definition) is 2. The molecule has 0 spiro atoms. The maximum Gasteiger partial charge on any atom is 0.226 e. The van der Waals surface area contributed by atoms with Crippen LogP contribution in [0.15, 0.2) is 22.7 Å². The van der Waals surface area contributed by atoms with Gasteiger partial charge in [0.15, 0.2) is 0 Å². The molecule has 110 valence electrons.